The lowest BCUT2D eigenvalue weighted by molar-refractivity contribution is -0.142. The summed E-state index contributed by atoms with van der Waals surface area (Å²) in [4.78, 5) is 11.1. The van der Waals surface area contributed by atoms with Gasteiger partial charge in [0.25, 0.3) is 0 Å². The first-order chi connectivity index (χ1) is 8.27. The minimum absolute atomic E-state index is 0.0163. The maximum Gasteiger partial charge on any atom is 0.416 e. The van der Waals surface area contributed by atoms with Crippen LogP contribution in [-0.2, 0) is 22.1 Å². The second-order valence-electron chi connectivity index (χ2n) is 3.92. The summed E-state index contributed by atoms with van der Waals surface area (Å²) < 4.78 is 42.4. The summed E-state index contributed by atoms with van der Waals surface area (Å²) in [6.45, 7) is 1.36. The summed E-state index contributed by atoms with van der Waals surface area (Å²) in [5, 5.41) is 0. The average Bonchev–Trinajstić information content (AvgIpc) is 2.29. The van der Waals surface area contributed by atoms with E-state index >= 15 is 0 Å². The number of hydrogen-bond acceptors (Lipinski definition) is 3. The highest BCUT2D eigenvalue weighted by molar-refractivity contribution is 5.75. The van der Waals surface area contributed by atoms with Crippen LogP contribution in [0.25, 0.3) is 0 Å². The van der Waals surface area contributed by atoms with Gasteiger partial charge in [0.2, 0.25) is 0 Å². The van der Waals surface area contributed by atoms with Crippen molar-refractivity contribution in [2.75, 3.05) is 7.11 Å². The Bertz CT molecular complexity index is 443. The first-order valence-corrected chi connectivity index (χ1v) is 5.26. The molecule has 0 bridgehead atoms. The van der Waals surface area contributed by atoms with E-state index in [0.717, 1.165) is 6.07 Å². The SMILES string of the molecule is COC(=O)[C@@H](N)Cc1cccc(C(F)(F)F)c1C. The zero-order chi connectivity index (χ0) is 13.9. The molecule has 100 valence electrons. The number of halogens is 3. The van der Waals surface area contributed by atoms with Gasteiger partial charge in [0.15, 0.2) is 0 Å². The zero-order valence-electron chi connectivity index (χ0n) is 10.0. The van der Waals surface area contributed by atoms with Crippen LogP contribution in [0.2, 0.25) is 0 Å². The molecular formula is C12H14F3NO2. The average molecular weight is 261 g/mol. The molecule has 0 saturated carbocycles. The van der Waals surface area contributed by atoms with Gasteiger partial charge in [-0.15, -0.1) is 0 Å². The fourth-order valence-electron chi connectivity index (χ4n) is 1.68. The Kier molecular flexibility index (Phi) is 4.34. The molecule has 2 N–H and O–H groups in total. The van der Waals surface area contributed by atoms with E-state index in [1.165, 1.54) is 26.2 Å². The molecule has 0 spiro atoms. The van der Waals surface area contributed by atoms with Gasteiger partial charge < -0.3 is 10.5 Å². The van der Waals surface area contributed by atoms with Crippen LogP contribution in [0.1, 0.15) is 16.7 Å². The molecule has 3 nitrogen and oxygen atoms in total. The molecule has 0 fully saturated rings. The smallest absolute Gasteiger partial charge is 0.416 e. The third kappa shape index (κ3) is 3.22. The van der Waals surface area contributed by atoms with Crippen LogP contribution >= 0.6 is 0 Å². The van der Waals surface area contributed by atoms with Crippen molar-refractivity contribution in [3.63, 3.8) is 0 Å². The van der Waals surface area contributed by atoms with Crippen LogP contribution in [0.4, 0.5) is 13.2 Å². The van der Waals surface area contributed by atoms with Crippen LogP contribution in [0.15, 0.2) is 18.2 Å². The van der Waals surface area contributed by atoms with E-state index in [-0.39, 0.29) is 12.0 Å². The third-order valence-electron chi connectivity index (χ3n) is 2.70. The molecule has 0 saturated heterocycles. The Labute approximate surface area is 103 Å². The molecule has 0 aromatic heterocycles. The summed E-state index contributed by atoms with van der Waals surface area (Å²) in [5.74, 6) is -0.646. The van der Waals surface area contributed by atoms with Gasteiger partial charge in [-0.05, 0) is 30.5 Å². The van der Waals surface area contributed by atoms with Crippen LogP contribution in [0.5, 0.6) is 0 Å². The standard InChI is InChI=1S/C12H14F3NO2/c1-7-8(6-10(16)11(17)18-2)4-3-5-9(7)12(13,14)15/h3-5,10H,6,16H2,1-2H3/t10-/m0/s1. The predicted molar refractivity (Wildman–Crippen MR) is 59.9 cm³/mol. The summed E-state index contributed by atoms with van der Waals surface area (Å²) in [7, 11) is 1.18. The van der Waals surface area contributed by atoms with Gasteiger partial charge in [0.05, 0.1) is 12.7 Å². The molecule has 18 heavy (non-hydrogen) atoms. The van der Waals surface area contributed by atoms with E-state index in [2.05, 4.69) is 4.74 Å². The van der Waals surface area contributed by atoms with Gasteiger partial charge in [0, 0.05) is 0 Å². The second kappa shape index (κ2) is 5.39. The fourth-order valence-corrected chi connectivity index (χ4v) is 1.68. The van der Waals surface area contributed by atoms with Crippen molar-refractivity contribution in [2.45, 2.75) is 25.6 Å². The van der Waals surface area contributed by atoms with Gasteiger partial charge in [-0.2, -0.15) is 13.2 Å². The Hall–Kier alpha value is -1.56. The van der Waals surface area contributed by atoms with E-state index in [9.17, 15) is 18.0 Å². The molecule has 6 heteroatoms. The zero-order valence-corrected chi connectivity index (χ0v) is 10.0. The van der Waals surface area contributed by atoms with Crippen LogP contribution in [0.3, 0.4) is 0 Å². The quantitative estimate of drug-likeness (QED) is 0.847. The Morgan fingerprint density at radius 3 is 2.56 bits per heavy atom. The minimum Gasteiger partial charge on any atom is -0.468 e. The molecule has 0 amide bonds. The molecule has 1 rings (SSSR count). The molecule has 1 atom stereocenters. The molecule has 0 unspecified atom stereocenters. The summed E-state index contributed by atoms with van der Waals surface area (Å²) in [6.07, 6.45) is -4.39. The largest absolute Gasteiger partial charge is 0.468 e. The van der Waals surface area contributed by atoms with Crippen molar-refractivity contribution in [1.29, 1.82) is 0 Å². The van der Waals surface area contributed by atoms with Crippen molar-refractivity contribution in [3.05, 3.63) is 34.9 Å². The third-order valence-corrected chi connectivity index (χ3v) is 2.70. The monoisotopic (exact) mass is 261 g/mol. The Balaban J connectivity index is 3.02. The van der Waals surface area contributed by atoms with Crippen LogP contribution in [0, 0.1) is 6.92 Å². The molecule has 0 radical (unpaired) electrons. The number of rotatable bonds is 3. The van der Waals surface area contributed by atoms with E-state index < -0.39 is 23.8 Å². The number of esters is 1. The number of benzene rings is 1. The highest BCUT2D eigenvalue weighted by Gasteiger charge is 2.33. The minimum atomic E-state index is -4.41. The number of carbonyl (C=O) groups is 1. The molecule has 1 aromatic rings. The predicted octanol–water partition coefficient (Wildman–Crippen LogP) is 2.06. The lowest BCUT2D eigenvalue weighted by atomic mass is 9.97. The van der Waals surface area contributed by atoms with Gasteiger partial charge in [-0.25, -0.2) is 0 Å². The van der Waals surface area contributed by atoms with Crippen molar-refractivity contribution < 1.29 is 22.7 Å². The van der Waals surface area contributed by atoms with Crippen molar-refractivity contribution in [2.24, 2.45) is 5.73 Å². The highest BCUT2D eigenvalue weighted by Crippen LogP contribution is 2.33. The van der Waals surface area contributed by atoms with Gasteiger partial charge in [-0.3, -0.25) is 4.79 Å². The van der Waals surface area contributed by atoms with E-state index in [0.29, 0.717) is 5.56 Å². The molecule has 0 heterocycles. The number of carbonyl (C=O) groups excluding carboxylic acids is 1. The molecule has 0 aliphatic carbocycles. The summed E-state index contributed by atoms with van der Waals surface area (Å²) in [5.41, 5.74) is 5.30. The topological polar surface area (TPSA) is 52.3 Å². The molecular weight excluding hydrogens is 247 g/mol. The number of hydrogen-bond donors (Lipinski definition) is 1. The Morgan fingerprint density at radius 2 is 2.06 bits per heavy atom. The first kappa shape index (κ1) is 14.5. The Morgan fingerprint density at radius 1 is 1.44 bits per heavy atom. The van der Waals surface area contributed by atoms with Crippen molar-refractivity contribution >= 4 is 5.97 Å². The lowest BCUT2D eigenvalue weighted by Gasteiger charge is -2.15. The molecule has 0 aliphatic heterocycles. The normalized spacial score (nSPS) is 13.2. The maximum atomic E-state index is 12.7. The van der Waals surface area contributed by atoms with Crippen molar-refractivity contribution in [1.82, 2.24) is 0 Å². The first-order valence-electron chi connectivity index (χ1n) is 5.26. The molecule has 1 aromatic carbocycles. The number of alkyl halides is 3. The maximum absolute atomic E-state index is 12.7. The van der Waals surface area contributed by atoms with Crippen molar-refractivity contribution in [3.8, 4) is 0 Å². The van der Waals surface area contributed by atoms with E-state index in [1.54, 1.807) is 0 Å². The fraction of sp³-hybridized carbons (Fsp3) is 0.417. The number of methoxy groups -OCH3 is 1. The lowest BCUT2D eigenvalue weighted by Crippen LogP contribution is -2.34. The number of nitrogens with two attached hydrogens (primary N) is 1. The summed E-state index contributed by atoms with van der Waals surface area (Å²) in [6, 6.07) is 2.86. The van der Waals surface area contributed by atoms with Gasteiger partial charge >= 0.3 is 12.1 Å². The molecule has 0 aliphatic rings. The van der Waals surface area contributed by atoms with Gasteiger partial charge in [0.1, 0.15) is 6.04 Å². The van der Waals surface area contributed by atoms with E-state index in [4.69, 9.17) is 5.73 Å². The highest BCUT2D eigenvalue weighted by atomic mass is 19.4. The van der Waals surface area contributed by atoms with E-state index in [1.807, 2.05) is 0 Å². The number of ether oxygens (including phenoxy) is 1. The van der Waals surface area contributed by atoms with Crippen LogP contribution in [-0.4, -0.2) is 19.1 Å². The van der Waals surface area contributed by atoms with Gasteiger partial charge in [-0.1, -0.05) is 12.1 Å². The van der Waals surface area contributed by atoms with Crippen LogP contribution < -0.4 is 5.73 Å². The second-order valence-corrected chi connectivity index (χ2v) is 3.92. The summed E-state index contributed by atoms with van der Waals surface area (Å²) >= 11 is 0.